The number of hydrogen-bond donors (Lipinski definition) is 1. The molecule has 0 radical (unpaired) electrons. The maximum absolute atomic E-state index is 10.9. The summed E-state index contributed by atoms with van der Waals surface area (Å²) in [7, 11) is 0. The van der Waals surface area contributed by atoms with E-state index >= 15 is 0 Å². The van der Waals surface area contributed by atoms with E-state index in [0.717, 1.165) is 5.56 Å². The molecule has 0 atom stereocenters. The number of nitrogens with two attached hydrogens (primary N) is 1. The van der Waals surface area contributed by atoms with Gasteiger partial charge in [-0.05, 0) is 23.8 Å². The van der Waals surface area contributed by atoms with Crippen LogP contribution < -0.4 is 11.2 Å². The van der Waals surface area contributed by atoms with Crippen molar-refractivity contribution in [2.45, 2.75) is 6.54 Å². The van der Waals surface area contributed by atoms with Crippen molar-refractivity contribution >= 4 is 17.3 Å². The van der Waals surface area contributed by atoms with Gasteiger partial charge in [0, 0.05) is 41.8 Å². The quantitative estimate of drug-likeness (QED) is 0.810. The third kappa shape index (κ3) is 2.44. The summed E-state index contributed by atoms with van der Waals surface area (Å²) in [5.41, 5.74) is 7.30. The smallest absolute Gasteiger partial charge is 0.181 e. The van der Waals surface area contributed by atoms with Gasteiger partial charge in [0.05, 0.1) is 0 Å². The number of anilines is 1. The highest BCUT2D eigenvalue weighted by molar-refractivity contribution is 6.31. The zero-order valence-electron chi connectivity index (χ0n) is 8.56. The third-order valence-corrected chi connectivity index (χ3v) is 2.65. The molecule has 1 aromatic carbocycles. The highest BCUT2D eigenvalue weighted by Gasteiger charge is 2.01. The number of benzene rings is 1. The first-order valence-electron chi connectivity index (χ1n) is 4.85. The number of rotatable bonds is 2. The lowest BCUT2D eigenvalue weighted by Gasteiger charge is -2.08. The van der Waals surface area contributed by atoms with Crippen molar-refractivity contribution < 1.29 is 0 Å². The van der Waals surface area contributed by atoms with E-state index < -0.39 is 0 Å². The second-order valence-corrected chi connectivity index (χ2v) is 3.96. The van der Waals surface area contributed by atoms with Crippen LogP contribution in [0.4, 0.5) is 5.69 Å². The van der Waals surface area contributed by atoms with Crippen LogP contribution in [0.2, 0.25) is 5.02 Å². The van der Waals surface area contributed by atoms with Crippen LogP contribution in [-0.2, 0) is 6.54 Å². The summed E-state index contributed by atoms with van der Waals surface area (Å²) in [5.74, 6) is 0. The molecule has 0 aliphatic heterocycles. The van der Waals surface area contributed by atoms with Crippen molar-refractivity contribution in [3.8, 4) is 0 Å². The van der Waals surface area contributed by atoms with Gasteiger partial charge in [-0.15, -0.1) is 0 Å². The lowest BCUT2D eigenvalue weighted by molar-refractivity contribution is 0.789. The van der Waals surface area contributed by atoms with Crippen LogP contribution in [0.3, 0.4) is 0 Å². The molecule has 0 unspecified atom stereocenters. The Morgan fingerprint density at radius 1 is 1.19 bits per heavy atom. The van der Waals surface area contributed by atoms with Gasteiger partial charge in [0.2, 0.25) is 0 Å². The molecule has 82 valence electrons. The number of halogens is 1. The molecule has 2 rings (SSSR count). The molecular formula is C12H11ClN2O. The fourth-order valence-corrected chi connectivity index (χ4v) is 1.64. The molecule has 16 heavy (non-hydrogen) atoms. The Balaban J connectivity index is 2.30. The molecule has 0 amide bonds. The van der Waals surface area contributed by atoms with E-state index in [1.165, 1.54) is 12.1 Å². The van der Waals surface area contributed by atoms with E-state index in [2.05, 4.69) is 0 Å². The molecule has 0 saturated carbocycles. The van der Waals surface area contributed by atoms with Crippen molar-refractivity contribution in [3.05, 3.63) is 63.5 Å². The molecule has 0 saturated heterocycles. The molecule has 1 aromatic heterocycles. The molecule has 0 spiro atoms. The summed E-state index contributed by atoms with van der Waals surface area (Å²) in [4.78, 5) is 10.9. The van der Waals surface area contributed by atoms with Gasteiger partial charge in [0.15, 0.2) is 5.43 Å². The number of nitrogens with zero attached hydrogens (tertiary/aromatic N) is 1. The van der Waals surface area contributed by atoms with Crippen molar-refractivity contribution in [2.24, 2.45) is 0 Å². The van der Waals surface area contributed by atoms with Gasteiger partial charge in [-0.3, -0.25) is 4.79 Å². The summed E-state index contributed by atoms with van der Waals surface area (Å²) in [5, 5.41) is 0.674. The molecule has 4 heteroatoms. The zero-order chi connectivity index (χ0) is 11.5. The Morgan fingerprint density at radius 3 is 2.56 bits per heavy atom. The van der Waals surface area contributed by atoms with Crippen molar-refractivity contribution in [1.82, 2.24) is 4.57 Å². The molecule has 3 nitrogen and oxygen atoms in total. The monoisotopic (exact) mass is 234 g/mol. The van der Waals surface area contributed by atoms with E-state index in [4.69, 9.17) is 17.3 Å². The first-order valence-corrected chi connectivity index (χ1v) is 5.23. The fourth-order valence-electron chi connectivity index (χ4n) is 1.46. The fraction of sp³-hybridized carbons (Fsp3) is 0.0833. The van der Waals surface area contributed by atoms with Gasteiger partial charge in [-0.2, -0.15) is 0 Å². The Hall–Kier alpha value is -1.74. The Bertz CT molecular complexity index is 543. The van der Waals surface area contributed by atoms with Crippen molar-refractivity contribution in [1.29, 1.82) is 0 Å². The second kappa shape index (κ2) is 4.41. The summed E-state index contributed by atoms with van der Waals surface area (Å²) in [6.45, 7) is 0.601. The number of nitrogen functional groups attached to an aromatic ring is 1. The van der Waals surface area contributed by atoms with Gasteiger partial charge < -0.3 is 10.3 Å². The van der Waals surface area contributed by atoms with Crippen LogP contribution in [0, 0.1) is 0 Å². The normalized spacial score (nSPS) is 10.3. The van der Waals surface area contributed by atoms with Crippen molar-refractivity contribution in [2.75, 3.05) is 5.73 Å². The summed E-state index contributed by atoms with van der Waals surface area (Å²) in [6, 6.07) is 8.40. The van der Waals surface area contributed by atoms with Crippen molar-refractivity contribution in [3.63, 3.8) is 0 Å². The molecule has 0 fully saturated rings. The van der Waals surface area contributed by atoms with Gasteiger partial charge in [0.1, 0.15) is 0 Å². The lowest BCUT2D eigenvalue weighted by Crippen LogP contribution is -2.05. The summed E-state index contributed by atoms with van der Waals surface area (Å²) < 4.78 is 1.88. The van der Waals surface area contributed by atoms with E-state index in [0.29, 0.717) is 17.3 Å². The van der Waals surface area contributed by atoms with Crippen LogP contribution >= 0.6 is 11.6 Å². The van der Waals surface area contributed by atoms with E-state index in [1.807, 2.05) is 10.6 Å². The third-order valence-electron chi connectivity index (χ3n) is 2.28. The predicted molar refractivity (Wildman–Crippen MR) is 65.7 cm³/mol. The molecule has 0 bridgehead atoms. The zero-order valence-corrected chi connectivity index (χ0v) is 9.32. The standard InChI is InChI=1S/C12H11ClN2O/c13-12-2-1-10(14)7-9(12)8-15-5-3-11(16)4-6-15/h1-7H,8,14H2. The van der Waals surface area contributed by atoms with E-state index in [-0.39, 0.29) is 5.43 Å². The van der Waals surface area contributed by atoms with Gasteiger partial charge in [-0.25, -0.2) is 0 Å². The van der Waals surface area contributed by atoms with Crippen LogP contribution in [0.5, 0.6) is 0 Å². The molecular weight excluding hydrogens is 224 g/mol. The highest BCUT2D eigenvalue weighted by Crippen LogP contribution is 2.19. The van der Waals surface area contributed by atoms with Gasteiger partial charge >= 0.3 is 0 Å². The SMILES string of the molecule is Nc1ccc(Cl)c(Cn2ccc(=O)cc2)c1. The Labute approximate surface area is 98.1 Å². The first kappa shape index (κ1) is 10.8. The maximum Gasteiger partial charge on any atom is 0.181 e. The Kier molecular flexibility index (Phi) is 2.97. The van der Waals surface area contributed by atoms with Gasteiger partial charge in [0.25, 0.3) is 0 Å². The molecule has 1 heterocycles. The average Bonchev–Trinajstić information content (AvgIpc) is 2.27. The highest BCUT2D eigenvalue weighted by atomic mass is 35.5. The number of hydrogen-bond acceptors (Lipinski definition) is 2. The molecule has 0 aliphatic rings. The topological polar surface area (TPSA) is 48.0 Å². The summed E-state index contributed by atoms with van der Waals surface area (Å²) in [6.07, 6.45) is 3.45. The minimum Gasteiger partial charge on any atom is -0.399 e. The van der Waals surface area contributed by atoms with Crippen LogP contribution in [-0.4, -0.2) is 4.57 Å². The van der Waals surface area contributed by atoms with Gasteiger partial charge in [-0.1, -0.05) is 11.6 Å². The number of pyridine rings is 1. The first-order chi connectivity index (χ1) is 7.65. The average molecular weight is 235 g/mol. The van der Waals surface area contributed by atoms with Crippen LogP contribution in [0.1, 0.15) is 5.56 Å². The van der Waals surface area contributed by atoms with E-state index in [9.17, 15) is 4.79 Å². The van der Waals surface area contributed by atoms with E-state index in [1.54, 1.807) is 24.5 Å². The molecule has 2 aromatic rings. The van der Waals surface area contributed by atoms with Crippen LogP contribution in [0.15, 0.2) is 47.5 Å². The summed E-state index contributed by atoms with van der Waals surface area (Å²) >= 11 is 6.05. The second-order valence-electron chi connectivity index (χ2n) is 3.56. The predicted octanol–water partition coefficient (Wildman–Crippen LogP) is 2.13. The van der Waals surface area contributed by atoms with Crippen LogP contribution in [0.25, 0.3) is 0 Å². The Morgan fingerprint density at radius 2 is 1.88 bits per heavy atom. The number of aromatic nitrogens is 1. The lowest BCUT2D eigenvalue weighted by atomic mass is 10.2. The molecule has 0 aliphatic carbocycles. The maximum atomic E-state index is 10.9. The minimum atomic E-state index is -0.00470. The minimum absolute atomic E-state index is 0.00470. The molecule has 2 N–H and O–H groups in total. The largest absolute Gasteiger partial charge is 0.399 e.